The second kappa shape index (κ2) is 13.8. The zero-order valence-electron chi connectivity index (χ0n) is 26.4. The first-order chi connectivity index (χ1) is 23.0. The maximum Gasteiger partial charge on any atom is 0.417 e. The SMILES string of the molecule is CN1CCCC1C1=CN(C2(C(F)(F)F)C=CC(c3ccccc3C(F)(F)F)=CC2)CC=C1.Nc1ccc(-c2ccccc2C(F)(F)F)cc1. The third kappa shape index (κ3) is 7.74. The molecule has 2 N–H and O–H groups in total. The van der Waals surface area contributed by atoms with Gasteiger partial charge in [-0.25, -0.2) is 0 Å². The molecule has 2 heterocycles. The number of benzene rings is 3. The van der Waals surface area contributed by atoms with Crippen LogP contribution in [0.2, 0.25) is 0 Å². The number of anilines is 1. The van der Waals surface area contributed by atoms with Gasteiger partial charge >= 0.3 is 18.5 Å². The highest BCUT2D eigenvalue weighted by molar-refractivity contribution is 5.78. The van der Waals surface area contributed by atoms with Crippen molar-refractivity contribution in [2.75, 3.05) is 25.9 Å². The first-order valence-electron chi connectivity index (χ1n) is 15.5. The highest BCUT2D eigenvalue weighted by Crippen LogP contribution is 2.46. The van der Waals surface area contributed by atoms with Crippen molar-refractivity contribution in [2.24, 2.45) is 0 Å². The molecule has 1 saturated heterocycles. The second-order valence-corrected chi connectivity index (χ2v) is 12.2. The average Bonchev–Trinajstić information content (AvgIpc) is 3.50. The van der Waals surface area contributed by atoms with Crippen LogP contribution in [0.4, 0.5) is 45.2 Å². The molecular weight excluding hydrogens is 657 g/mol. The molecule has 1 fully saturated rings. The number of nitrogen functional groups attached to an aromatic ring is 1. The molecule has 2 atom stereocenters. The van der Waals surface area contributed by atoms with Gasteiger partial charge in [-0.1, -0.05) is 72.8 Å². The number of likely N-dealkylation sites (N-methyl/N-ethyl adjacent to an activating group) is 1. The van der Waals surface area contributed by atoms with Crippen molar-refractivity contribution in [3.63, 3.8) is 0 Å². The lowest BCUT2D eigenvalue weighted by atomic mass is 9.83. The van der Waals surface area contributed by atoms with Crippen LogP contribution in [0.3, 0.4) is 0 Å². The highest BCUT2D eigenvalue weighted by Gasteiger charge is 2.56. The Bertz CT molecular complexity index is 1750. The van der Waals surface area contributed by atoms with Crippen LogP contribution in [0.1, 0.15) is 36.0 Å². The van der Waals surface area contributed by atoms with Gasteiger partial charge in [-0.3, -0.25) is 4.90 Å². The Balaban J connectivity index is 0.000000232. The lowest BCUT2D eigenvalue weighted by Gasteiger charge is -2.45. The van der Waals surface area contributed by atoms with E-state index in [0.717, 1.165) is 43.2 Å². The van der Waals surface area contributed by atoms with Gasteiger partial charge in [0.25, 0.3) is 0 Å². The molecule has 0 saturated carbocycles. The molecule has 3 nitrogen and oxygen atoms in total. The summed E-state index contributed by atoms with van der Waals surface area (Å²) in [5.41, 5.74) is 3.76. The molecule has 0 amide bonds. The van der Waals surface area contributed by atoms with Crippen molar-refractivity contribution < 1.29 is 39.5 Å². The molecule has 260 valence electrons. The van der Waals surface area contributed by atoms with Gasteiger partial charge in [0.15, 0.2) is 5.54 Å². The van der Waals surface area contributed by atoms with Gasteiger partial charge in [0.2, 0.25) is 0 Å². The first-order valence-corrected chi connectivity index (χ1v) is 15.5. The first kappa shape index (κ1) is 35.8. The Hall–Kier alpha value is -4.45. The Morgan fingerprint density at radius 2 is 1.35 bits per heavy atom. The van der Waals surface area contributed by atoms with Gasteiger partial charge in [-0.15, -0.1) is 0 Å². The highest BCUT2D eigenvalue weighted by atomic mass is 19.4. The third-order valence-corrected chi connectivity index (χ3v) is 9.00. The predicted octanol–water partition coefficient (Wildman–Crippen LogP) is 10.2. The maximum atomic E-state index is 14.4. The normalized spacial score (nSPS) is 21.6. The van der Waals surface area contributed by atoms with Crippen molar-refractivity contribution in [2.45, 2.75) is 49.4 Å². The molecule has 49 heavy (non-hydrogen) atoms. The minimum Gasteiger partial charge on any atom is -0.399 e. The van der Waals surface area contributed by atoms with E-state index in [4.69, 9.17) is 5.73 Å². The molecule has 3 aromatic rings. The summed E-state index contributed by atoms with van der Waals surface area (Å²) in [6, 6.07) is 16.8. The largest absolute Gasteiger partial charge is 0.417 e. The lowest BCUT2D eigenvalue weighted by molar-refractivity contribution is -0.205. The minimum absolute atomic E-state index is 0.0664. The fourth-order valence-electron chi connectivity index (χ4n) is 6.43. The number of nitrogens with zero attached hydrogens (tertiary/aromatic N) is 2. The number of nitrogens with two attached hydrogens (primary N) is 1. The number of halogens is 9. The number of allylic oxidation sites excluding steroid dienone is 2. The van der Waals surface area contributed by atoms with E-state index < -0.39 is 41.6 Å². The van der Waals surface area contributed by atoms with Crippen LogP contribution >= 0.6 is 0 Å². The number of likely N-dealkylation sites (tertiary alicyclic amines) is 1. The smallest absolute Gasteiger partial charge is 0.399 e. The van der Waals surface area contributed by atoms with E-state index in [1.807, 2.05) is 13.1 Å². The van der Waals surface area contributed by atoms with Crippen LogP contribution in [0.15, 0.2) is 115 Å². The van der Waals surface area contributed by atoms with E-state index in [1.54, 1.807) is 42.6 Å². The van der Waals surface area contributed by atoms with Gasteiger partial charge in [0, 0.05) is 30.9 Å². The van der Waals surface area contributed by atoms with Crippen LogP contribution in [0, 0.1) is 0 Å². The van der Waals surface area contributed by atoms with E-state index in [0.29, 0.717) is 11.3 Å². The van der Waals surface area contributed by atoms with E-state index in [2.05, 4.69) is 4.90 Å². The molecule has 0 bridgehead atoms. The molecule has 2 aliphatic heterocycles. The summed E-state index contributed by atoms with van der Waals surface area (Å²) < 4.78 is 122. The molecule has 1 aliphatic carbocycles. The van der Waals surface area contributed by atoms with Crippen molar-refractivity contribution >= 4 is 11.3 Å². The molecule has 6 rings (SSSR count). The van der Waals surface area contributed by atoms with E-state index >= 15 is 0 Å². The summed E-state index contributed by atoms with van der Waals surface area (Å²) in [7, 11) is 1.96. The summed E-state index contributed by atoms with van der Waals surface area (Å²) in [4.78, 5) is 3.40. The molecule has 0 spiro atoms. The molecule has 3 aromatic carbocycles. The number of hydrogen-bond donors (Lipinski definition) is 1. The second-order valence-electron chi connectivity index (χ2n) is 12.2. The lowest BCUT2D eigenvalue weighted by Crippen LogP contribution is -2.56. The molecule has 0 radical (unpaired) electrons. The van der Waals surface area contributed by atoms with E-state index in [1.165, 1.54) is 47.4 Å². The summed E-state index contributed by atoms with van der Waals surface area (Å²) >= 11 is 0. The van der Waals surface area contributed by atoms with Crippen molar-refractivity contribution in [3.8, 4) is 11.1 Å². The van der Waals surface area contributed by atoms with Crippen LogP contribution in [0.25, 0.3) is 16.7 Å². The van der Waals surface area contributed by atoms with Crippen LogP contribution in [-0.4, -0.2) is 47.7 Å². The Morgan fingerprint density at radius 1 is 0.755 bits per heavy atom. The zero-order chi connectivity index (χ0) is 35.6. The fourth-order valence-corrected chi connectivity index (χ4v) is 6.43. The minimum atomic E-state index is -4.61. The van der Waals surface area contributed by atoms with Crippen molar-refractivity contribution in [1.29, 1.82) is 0 Å². The Kier molecular flexibility index (Phi) is 10.1. The van der Waals surface area contributed by atoms with Gasteiger partial charge in [0.05, 0.1) is 11.1 Å². The monoisotopic (exact) mass is 691 g/mol. The maximum absolute atomic E-state index is 14.4. The van der Waals surface area contributed by atoms with Crippen molar-refractivity contribution in [3.05, 3.63) is 132 Å². The molecule has 0 aromatic heterocycles. The molecule has 12 heteroatoms. The van der Waals surface area contributed by atoms with Crippen molar-refractivity contribution in [1.82, 2.24) is 9.80 Å². The summed E-state index contributed by atoms with van der Waals surface area (Å²) in [6.07, 6.45) is -3.51. The Morgan fingerprint density at radius 3 is 1.88 bits per heavy atom. The van der Waals surface area contributed by atoms with Gasteiger partial charge < -0.3 is 10.6 Å². The van der Waals surface area contributed by atoms with Crippen LogP contribution in [-0.2, 0) is 12.4 Å². The summed E-state index contributed by atoms with van der Waals surface area (Å²) in [5.74, 6) is 0. The summed E-state index contributed by atoms with van der Waals surface area (Å²) in [5, 5.41) is 0. The van der Waals surface area contributed by atoms with Crippen LogP contribution < -0.4 is 5.73 Å². The predicted molar refractivity (Wildman–Crippen MR) is 173 cm³/mol. The topological polar surface area (TPSA) is 32.5 Å². The number of alkyl halides is 9. The fraction of sp³-hybridized carbons (Fsp3) is 0.297. The third-order valence-electron chi connectivity index (χ3n) is 9.00. The molecule has 3 aliphatic rings. The van der Waals surface area contributed by atoms with Gasteiger partial charge in [-0.2, -0.15) is 39.5 Å². The summed E-state index contributed by atoms with van der Waals surface area (Å²) in [6.45, 7) is 0.969. The Labute approximate surface area is 278 Å². The van der Waals surface area contributed by atoms with E-state index in [9.17, 15) is 39.5 Å². The number of rotatable bonds is 4. The quantitative estimate of drug-likeness (QED) is 0.218. The van der Waals surface area contributed by atoms with Gasteiger partial charge in [-0.05, 0) is 84.6 Å². The zero-order valence-corrected chi connectivity index (χ0v) is 26.4. The average molecular weight is 692 g/mol. The van der Waals surface area contributed by atoms with E-state index in [-0.39, 0.29) is 29.3 Å². The molecule has 2 unspecified atom stereocenters. The standard InChI is InChI=1S/C24H24F6N2.C13H10F3N/c1-31-14-5-9-21(31)18-6-4-15-32(16-18)22(24(28,29)30)12-10-17(11-13-22)19-7-2-3-8-20(19)23(25,26)27;14-13(15,16)12-4-2-1-3-11(12)9-5-7-10(17)8-6-9/h2-4,6-8,10-12,16,21H,5,9,13-15H2,1H3;1-8H,17H2. The van der Waals surface area contributed by atoms with Crippen LogP contribution in [0.5, 0.6) is 0 Å². The van der Waals surface area contributed by atoms with Gasteiger partial charge in [0.1, 0.15) is 0 Å². The molecular formula is C37H34F9N3. The number of hydrogen-bond acceptors (Lipinski definition) is 3.